The SMILES string of the molecule is CCc1ccc(/C=N/NC(N)=S)o1. The van der Waals surface area contributed by atoms with Gasteiger partial charge in [-0.05, 0) is 24.4 Å². The molecule has 70 valence electrons. The number of aryl methyl sites for hydroxylation is 1. The summed E-state index contributed by atoms with van der Waals surface area (Å²) in [5.41, 5.74) is 7.60. The summed E-state index contributed by atoms with van der Waals surface area (Å²) in [5, 5.41) is 3.89. The van der Waals surface area contributed by atoms with Crippen LogP contribution in [0.15, 0.2) is 21.7 Å². The predicted molar refractivity (Wildman–Crippen MR) is 55.6 cm³/mol. The van der Waals surface area contributed by atoms with Crippen LogP contribution in [-0.4, -0.2) is 11.3 Å². The van der Waals surface area contributed by atoms with Gasteiger partial charge in [-0.25, -0.2) is 0 Å². The molecule has 0 aliphatic carbocycles. The van der Waals surface area contributed by atoms with Gasteiger partial charge in [-0.15, -0.1) is 0 Å². The van der Waals surface area contributed by atoms with Crippen LogP contribution < -0.4 is 11.2 Å². The number of nitrogens with two attached hydrogens (primary N) is 1. The van der Waals surface area contributed by atoms with E-state index in [0.29, 0.717) is 5.76 Å². The van der Waals surface area contributed by atoms with E-state index in [0.717, 1.165) is 12.2 Å². The zero-order valence-electron chi connectivity index (χ0n) is 7.28. The minimum atomic E-state index is 0.138. The molecule has 0 aliphatic rings. The molecule has 0 unspecified atom stereocenters. The van der Waals surface area contributed by atoms with Crippen LogP contribution in [0.1, 0.15) is 18.4 Å². The van der Waals surface area contributed by atoms with Gasteiger partial charge in [0.2, 0.25) is 0 Å². The van der Waals surface area contributed by atoms with Gasteiger partial charge in [0.25, 0.3) is 0 Å². The van der Waals surface area contributed by atoms with E-state index in [2.05, 4.69) is 22.7 Å². The number of thiocarbonyl (C=S) groups is 1. The van der Waals surface area contributed by atoms with Gasteiger partial charge in [0.15, 0.2) is 5.11 Å². The summed E-state index contributed by atoms with van der Waals surface area (Å²) in [4.78, 5) is 0. The summed E-state index contributed by atoms with van der Waals surface area (Å²) in [6.07, 6.45) is 2.40. The van der Waals surface area contributed by atoms with E-state index < -0.39 is 0 Å². The molecule has 0 saturated carbocycles. The normalized spacial score (nSPS) is 10.5. The highest BCUT2D eigenvalue weighted by Crippen LogP contribution is 2.05. The van der Waals surface area contributed by atoms with Gasteiger partial charge < -0.3 is 10.2 Å². The number of furan rings is 1. The number of hydrazone groups is 1. The molecule has 1 aromatic rings. The lowest BCUT2D eigenvalue weighted by molar-refractivity contribution is 0.510. The Hall–Kier alpha value is -1.36. The number of nitrogens with one attached hydrogen (secondary N) is 1. The van der Waals surface area contributed by atoms with Gasteiger partial charge in [-0.1, -0.05) is 6.92 Å². The maximum absolute atomic E-state index is 5.34. The molecule has 5 heteroatoms. The second kappa shape index (κ2) is 4.61. The van der Waals surface area contributed by atoms with Gasteiger partial charge in [0, 0.05) is 6.42 Å². The topological polar surface area (TPSA) is 63.5 Å². The molecule has 0 aromatic carbocycles. The summed E-state index contributed by atoms with van der Waals surface area (Å²) in [6, 6.07) is 3.74. The van der Waals surface area contributed by atoms with Crippen molar-refractivity contribution in [3.05, 3.63) is 23.7 Å². The van der Waals surface area contributed by atoms with Gasteiger partial charge in [-0.3, -0.25) is 5.43 Å². The van der Waals surface area contributed by atoms with E-state index in [9.17, 15) is 0 Å². The van der Waals surface area contributed by atoms with Crippen molar-refractivity contribution in [2.75, 3.05) is 0 Å². The Morgan fingerprint density at radius 3 is 3.08 bits per heavy atom. The molecule has 3 N–H and O–H groups in total. The lowest BCUT2D eigenvalue weighted by atomic mass is 10.4. The highest BCUT2D eigenvalue weighted by atomic mass is 32.1. The van der Waals surface area contributed by atoms with Crippen molar-refractivity contribution in [2.24, 2.45) is 10.8 Å². The molecular weight excluding hydrogens is 186 g/mol. The minimum Gasteiger partial charge on any atom is -0.460 e. The van der Waals surface area contributed by atoms with Crippen molar-refractivity contribution in [1.82, 2.24) is 5.43 Å². The summed E-state index contributed by atoms with van der Waals surface area (Å²) in [7, 11) is 0. The molecule has 4 nitrogen and oxygen atoms in total. The van der Waals surface area contributed by atoms with Crippen LogP contribution in [0.4, 0.5) is 0 Å². The third kappa shape index (κ3) is 3.25. The zero-order chi connectivity index (χ0) is 9.68. The Morgan fingerprint density at radius 1 is 1.77 bits per heavy atom. The molecule has 0 radical (unpaired) electrons. The van der Waals surface area contributed by atoms with Crippen molar-refractivity contribution in [1.29, 1.82) is 0 Å². The number of rotatable bonds is 3. The highest BCUT2D eigenvalue weighted by molar-refractivity contribution is 7.80. The maximum Gasteiger partial charge on any atom is 0.184 e. The molecule has 1 aromatic heterocycles. The number of hydrogen-bond acceptors (Lipinski definition) is 3. The Labute approximate surface area is 81.8 Å². The lowest BCUT2D eigenvalue weighted by Crippen LogP contribution is -2.23. The van der Waals surface area contributed by atoms with Gasteiger partial charge in [-0.2, -0.15) is 5.10 Å². The van der Waals surface area contributed by atoms with Crippen LogP contribution in [0.25, 0.3) is 0 Å². The molecule has 0 bridgehead atoms. The quantitative estimate of drug-likeness (QED) is 0.431. The van der Waals surface area contributed by atoms with E-state index in [4.69, 9.17) is 10.2 Å². The highest BCUT2D eigenvalue weighted by Gasteiger charge is 1.95. The standard InChI is InChI=1S/C8H11N3OS/c1-2-6-3-4-7(12-6)5-10-11-8(9)13/h3-5H,2H2,1H3,(H3,9,11,13)/b10-5+. The zero-order valence-corrected chi connectivity index (χ0v) is 8.10. The molecule has 0 atom stereocenters. The van der Waals surface area contributed by atoms with E-state index in [1.807, 2.05) is 19.1 Å². The van der Waals surface area contributed by atoms with Crippen molar-refractivity contribution in [3.63, 3.8) is 0 Å². The van der Waals surface area contributed by atoms with Gasteiger partial charge >= 0.3 is 0 Å². The van der Waals surface area contributed by atoms with E-state index in [1.54, 1.807) is 0 Å². The van der Waals surface area contributed by atoms with Gasteiger partial charge in [0.1, 0.15) is 11.5 Å². The second-order valence-electron chi connectivity index (χ2n) is 2.39. The lowest BCUT2D eigenvalue weighted by Gasteiger charge is -1.91. The first-order valence-corrected chi connectivity index (χ1v) is 4.30. The Balaban J connectivity index is 2.53. The molecule has 0 fully saturated rings. The third-order valence-electron chi connectivity index (χ3n) is 1.40. The van der Waals surface area contributed by atoms with Crippen molar-refractivity contribution in [2.45, 2.75) is 13.3 Å². The molecule has 0 amide bonds. The smallest absolute Gasteiger partial charge is 0.184 e. The molecule has 0 spiro atoms. The third-order valence-corrected chi connectivity index (χ3v) is 1.49. The van der Waals surface area contributed by atoms with Crippen molar-refractivity contribution >= 4 is 23.5 Å². The Kier molecular flexibility index (Phi) is 3.45. The molecular formula is C8H11N3OS. The van der Waals surface area contributed by atoms with Crippen molar-refractivity contribution in [3.8, 4) is 0 Å². The van der Waals surface area contributed by atoms with E-state index in [-0.39, 0.29) is 5.11 Å². The first-order valence-electron chi connectivity index (χ1n) is 3.89. The number of nitrogens with zero attached hydrogens (tertiary/aromatic N) is 1. The van der Waals surface area contributed by atoms with Crippen LogP contribution in [0.3, 0.4) is 0 Å². The molecule has 0 aliphatic heterocycles. The van der Waals surface area contributed by atoms with Gasteiger partial charge in [0.05, 0.1) is 6.21 Å². The largest absolute Gasteiger partial charge is 0.460 e. The fraction of sp³-hybridized carbons (Fsp3) is 0.250. The first kappa shape index (κ1) is 9.73. The van der Waals surface area contributed by atoms with Crippen LogP contribution in [-0.2, 0) is 6.42 Å². The van der Waals surface area contributed by atoms with E-state index in [1.165, 1.54) is 6.21 Å². The second-order valence-corrected chi connectivity index (χ2v) is 2.83. The molecule has 1 rings (SSSR count). The van der Waals surface area contributed by atoms with Crippen LogP contribution in [0, 0.1) is 0 Å². The first-order chi connectivity index (χ1) is 6.22. The van der Waals surface area contributed by atoms with Crippen LogP contribution in [0.5, 0.6) is 0 Å². The molecule has 1 heterocycles. The fourth-order valence-corrected chi connectivity index (χ4v) is 0.866. The summed E-state index contributed by atoms with van der Waals surface area (Å²) < 4.78 is 5.34. The Morgan fingerprint density at radius 2 is 2.54 bits per heavy atom. The maximum atomic E-state index is 5.34. The van der Waals surface area contributed by atoms with E-state index >= 15 is 0 Å². The predicted octanol–water partition coefficient (Wildman–Crippen LogP) is 1.01. The Bertz CT molecular complexity index is 319. The summed E-state index contributed by atoms with van der Waals surface area (Å²) in [5.74, 6) is 1.61. The number of hydrogen-bond donors (Lipinski definition) is 2. The molecule has 0 saturated heterocycles. The molecule has 13 heavy (non-hydrogen) atoms. The average Bonchev–Trinajstić information content (AvgIpc) is 2.52. The average molecular weight is 197 g/mol. The van der Waals surface area contributed by atoms with Crippen molar-refractivity contribution < 1.29 is 4.42 Å². The fourth-order valence-electron chi connectivity index (χ4n) is 0.813. The summed E-state index contributed by atoms with van der Waals surface area (Å²) in [6.45, 7) is 2.02. The monoisotopic (exact) mass is 197 g/mol. The van der Waals surface area contributed by atoms with Crippen LogP contribution >= 0.6 is 12.2 Å². The summed E-state index contributed by atoms with van der Waals surface area (Å²) >= 11 is 4.56. The minimum absolute atomic E-state index is 0.138. The van der Waals surface area contributed by atoms with Crippen LogP contribution in [0.2, 0.25) is 0 Å².